The second-order valence-electron chi connectivity index (χ2n) is 1.39. The standard InChI is InChI=1S/C4H10O5S.Na.H/c1-7-3-4-9-10(5,6)8-2;;/h3-4H2,1-2H3;;. The zero-order chi connectivity index (χ0) is 8.04. The molecule has 0 aliphatic rings. The molecular formula is C4H11NaO5S. The van der Waals surface area contributed by atoms with E-state index in [0.717, 1.165) is 7.11 Å². The van der Waals surface area contributed by atoms with Crippen LogP contribution < -0.4 is 0 Å². The van der Waals surface area contributed by atoms with Crippen LogP contribution in [0.1, 0.15) is 0 Å². The number of rotatable bonds is 5. The second kappa shape index (κ2) is 7.48. The van der Waals surface area contributed by atoms with Gasteiger partial charge in [0, 0.05) is 7.11 Å². The van der Waals surface area contributed by atoms with Gasteiger partial charge in [0.1, 0.15) is 0 Å². The van der Waals surface area contributed by atoms with Crippen molar-refractivity contribution in [3.05, 3.63) is 0 Å². The fraction of sp³-hybridized carbons (Fsp3) is 1.00. The summed E-state index contributed by atoms with van der Waals surface area (Å²) in [4.78, 5) is 0. The van der Waals surface area contributed by atoms with E-state index in [1.54, 1.807) is 0 Å². The summed E-state index contributed by atoms with van der Waals surface area (Å²) in [6.07, 6.45) is 0. The first kappa shape index (κ1) is 14.4. The number of hydrogen-bond acceptors (Lipinski definition) is 5. The van der Waals surface area contributed by atoms with E-state index in [-0.39, 0.29) is 42.8 Å². The van der Waals surface area contributed by atoms with Crippen LogP contribution >= 0.6 is 0 Å². The molecule has 0 heterocycles. The topological polar surface area (TPSA) is 61.8 Å². The van der Waals surface area contributed by atoms with Gasteiger partial charge in [0.15, 0.2) is 0 Å². The first-order valence-electron chi connectivity index (χ1n) is 2.56. The van der Waals surface area contributed by atoms with Crippen LogP contribution in [0.5, 0.6) is 0 Å². The van der Waals surface area contributed by atoms with Gasteiger partial charge in [-0.15, -0.1) is 0 Å². The van der Waals surface area contributed by atoms with E-state index in [2.05, 4.69) is 13.1 Å². The molecule has 0 radical (unpaired) electrons. The molecule has 0 spiro atoms. The Labute approximate surface area is 88.6 Å². The molecule has 0 saturated heterocycles. The van der Waals surface area contributed by atoms with E-state index in [9.17, 15) is 8.42 Å². The number of ether oxygens (including phenoxy) is 1. The van der Waals surface area contributed by atoms with E-state index in [1.165, 1.54) is 7.11 Å². The van der Waals surface area contributed by atoms with Crippen molar-refractivity contribution < 1.29 is 21.5 Å². The summed E-state index contributed by atoms with van der Waals surface area (Å²) >= 11 is 0. The molecule has 0 N–H and O–H groups in total. The van der Waals surface area contributed by atoms with Crippen molar-refractivity contribution in [2.45, 2.75) is 0 Å². The average Bonchev–Trinajstić information content (AvgIpc) is 1.89. The minimum atomic E-state index is -3.77. The van der Waals surface area contributed by atoms with Gasteiger partial charge in [-0.2, -0.15) is 8.42 Å². The molecule has 0 atom stereocenters. The average molecular weight is 194 g/mol. The molecule has 0 aromatic heterocycles. The maximum absolute atomic E-state index is 10.4. The summed E-state index contributed by atoms with van der Waals surface area (Å²) in [6.45, 7) is 0.204. The third-order valence-electron chi connectivity index (χ3n) is 0.719. The Morgan fingerprint density at radius 1 is 1.18 bits per heavy atom. The summed E-state index contributed by atoms with van der Waals surface area (Å²) in [6, 6.07) is 0. The van der Waals surface area contributed by atoms with Crippen LogP contribution in [-0.4, -0.2) is 65.4 Å². The molecule has 0 aromatic rings. The first-order valence-corrected chi connectivity index (χ1v) is 3.89. The van der Waals surface area contributed by atoms with Crippen molar-refractivity contribution in [3.8, 4) is 0 Å². The van der Waals surface area contributed by atoms with Gasteiger partial charge < -0.3 is 4.74 Å². The fourth-order valence-corrected chi connectivity index (χ4v) is 0.636. The third kappa shape index (κ3) is 8.74. The van der Waals surface area contributed by atoms with Crippen LogP contribution in [0.15, 0.2) is 0 Å². The van der Waals surface area contributed by atoms with Gasteiger partial charge in [0.05, 0.1) is 20.3 Å². The van der Waals surface area contributed by atoms with Gasteiger partial charge in [0.2, 0.25) is 0 Å². The van der Waals surface area contributed by atoms with Crippen LogP contribution in [0.25, 0.3) is 0 Å². The van der Waals surface area contributed by atoms with Gasteiger partial charge in [-0.1, -0.05) is 0 Å². The van der Waals surface area contributed by atoms with Crippen LogP contribution in [0.3, 0.4) is 0 Å². The van der Waals surface area contributed by atoms with Crippen LogP contribution in [0.4, 0.5) is 0 Å². The van der Waals surface area contributed by atoms with Crippen molar-refractivity contribution in [2.75, 3.05) is 27.4 Å². The Kier molecular flexibility index (Phi) is 9.76. The van der Waals surface area contributed by atoms with E-state index >= 15 is 0 Å². The Morgan fingerprint density at radius 2 is 1.73 bits per heavy atom. The zero-order valence-electron chi connectivity index (χ0n) is 5.86. The van der Waals surface area contributed by atoms with Gasteiger partial charge in [-0.05, 0) is 0 Å². The molecule has 0 rings (SSSR count). The van der Waals surface area contributed by atoms with Crippen molar-refractivity contribution in [1.82, 2.24) is 0 Å². The van der Waals surface area contributed by atoms with Gasteiger partial charge in [-0.3, -0.25) is 4.18 Å². The van der Waals surface area contributed by atoms with Crippen LogP contribution in [-0.2, 0) is 23.5 Å². The monoisotopic (exact) mass is 194 g/mol. The molecule has 0 saturated carbocycles. The Hall–Kier alpha value is 0.830. The summed E-state index contributed by atoms with van der Waals surface area (Å²) < 4.78 is 33.5. The molecule has 0 aliphatic heterocycles. The molecule has 0 unspecified atom stereocenters. The number of hydrogen-bond donors (Lipinski definition) is 0. The van der Waals surface area contributed by atoms with Crippen molar-refractivity contribution >= 4 is 40.0 Å². The Bertz CT molecular complexity index is 165. The predicted molar refractivity (Wildman–Crippen MR) is 40.9 cm³/mol. The molecular weight excluding hydrogens is 183 g/mol. The molecule has 0 aromatic carbocycles. The molecule has 0 bridgehead atoms. The summed E-state index contributed by atoms with van der Waals surface area (Å²) in [5, 5.41) is 0. The quantitative estimate of drug-likeness (QED) is 0.410. The summed E-state index contributed by atoms with van der Waals surface area (Å²) in [7, 11) is -1.29. The molecule has 64 valence electrons. The van der Waals surface area contributed by atoms with Crippen LogP contribution in [0.2, 0.25) is 0 Å². The third-order valence-corrected chi connectivity index (χ3v) is 1.58. The van der Waals surface area contributed by atoms with E-state index in [0.29, 0.717) is 0 Å². The molecule has 0 aliphatic carbocycles. The normalized spacial score (nSPS) is 10.7. The molecule has 0 amide bonds. The molecule has 7 heteroatoms. The van der Waals surface area contributed by atoms with Gasteiger partial charge in [-0.25, -0.2) is 4.18 Å². The van der Waals surface area contributed by atoms with Crippen molar-refractivity contribution in [2.24, 2.45) is 0 Å². The minimum absolute atomic E-state index is 0. The van der Waals surface area contributed by atoms with Crippen molar-refractivity contribution in [3.63, 3.8) is 0 Å². The van der Waals surface area contributed by atoms with E-state index < -0.39 is 10.4 Å². The Morgan fingerprint density at radius 3 is 2.09 bits per heavy atom. The molecule has 5 nitrogen and oxygen atoms in total. The first-order chi connectivity index (χ1) is 4.62. The fourth-order valence-electron chi connectivity index (χ4n) is 0.268. The maximum atomic E-state index is 10.4. The SMILES string of the molecule is COCCOS(=O)(=O)OC.[NaH]. The predicted octanol–water partition coefficient (Wildman–Crippen LogP) is -1.11. The van der Waals surface area contributed by atoms with Gasteiger partial charge in [0.25, 0.3) is 0 Å². The second-order valence-corrected chi connectivity index (χ2v) is 2.78. The summed E-state index contributed by atoms with van der Waals surface area (Å²) in [5.41, 5.74) is 0. The number of methoxy groups -OCH3 is 1. The van der Waals surface area contributed by atoms with E-state index in [1.807, 2.05) is 0 Å². The molecule has 11 heavy (non-hydrogen) atoms. The zero-order valence-corrected chi connectivity index (χ0v) is 6.68. The van der Waals surface area contributed by atoms with E-state index in [4.69, 9.17) is 0 Å². The van der Waals surface area contributed by atoms with Crippen LogP contribution in [0, 0.1) is 0 Å². The van der Waals surface area contributed by atoms with Crippen molar-refractivity contribution in [1.29, 1.82) is 0 Å². The Balaban J connectivity index is 0. The summed E-state index contributed by atoms with van der Waals surface area (Å²) in [5.74, 6) is 0. The van der Waals surface area contributed by atoms with Gasteiger partial charge >= 0.3 is 40.0 Å². The molecule has 0 fully saturated rings.